The molecular weight excluding hydrogens is 323 g/mol. The summed E-state index contributed by atoms with van der Waals surface area (Å²) in [6.07, 6.45) is 2.97. The van der Waals surface area contributed by atoms with Gasteiger partial charge >= 0.3 is 5.69 Å². The molecule has 0 saturated carbocycles. The molecule has 0 aromatic heterocycles. The van der Waals surface area contributed by atoms with Gasteiger partial charge in [0.1, 0.15) is 0 Å². The molecule has 0 amide bonds. The van der Waals surface area contributed by atoms with Crippen LogP contribution in [0.2, 0.25) is 0 Å². The van der Waals surface area contributed by atoms with Crippen LogP contribution in [0.1, 0.15) is 24.4 Å². The lowest BCUT2D eigenvalue weighted by molar-refractivity contribution is -0.386. The van der Waals surface area contributed by atoms with Crippen molar-refractivity contribution in [1.29, 1.82) is 0 Å². The topological polar surface area (TPSA) is 89.4 Å². The Morgan fingerprint density at radius 3 is 2.72 bits per heavy atom. The first-order chi connectivity index (χ1) is 7.97. The predicted molar refractivity (Wildman–Crippen MR) is 76.1 cm³/mol. The molecule has 7 heteroatoms. The van der Waals surface area contributed by atoms with E-state index in [0.29, 0.717) is 22.9 Å². The SMILES string of the molecule is C=CCC[C@@H](N)c1cc(Br)cc([N+](=O)[O-])c1O.Cl. The second-order valence-electron chi connectivity index (χ2n) is 3.59. The Labute approximate surface area is 119 Å². The van der Waals surface area contributed by atoms with Crippen molar-refractivity contribution >= 4 is 34.0 Å². The summed E-state index contributed by atoms with van der Waals surface area (Å²) in [5.74, 6) is -0.366. The summed E-state index contributed by atoms with van der Waals surface area (Å²) in [6.45, 7) is 3.58. The molecule has 0 spiro atoms. The largest absolute Gasteiger partial charge is 0.502 e. The Bertz CT molecular complexity index is 454. The van der Waals surface area contributed by atoms with Gasteiger partial charge in [-0.05, 0) is 18.9 Å². The van der Waals surface area contributed by atoms with E-state index in [0.717, 1.165) is 0 Å². The van der Waals surface area contributed by atoms with Gasteiger partial charge in [-0.2, -0.15) is 0 Å². The van der Waals surface area contributed by atoms with Crippen LogP contribution in [0.25, 0.3) is 0 Å². The number of halogens is 2. The molecule has 0 saturated heterocycles. The third-order valence-corrected chi connectivity index (χ3v) is 2.82. The Kier molecular flexibility index (Phi) is 6.90. The summed E-state index contributed by atoms with van der Waals surface area (Å²) in [5, 5.41) is 20.5. The molecule has 18 heavy (non-hydrogen) atoms. The minimum Gasteiger partial charge on any atom is -0.502 e. The highest BCUT2D eigenvalue weighted by Gasteiger charge is 2.21. The van der Waals surface area contributed by atoms with E-state index in [9.17, 15) is 15.2 Å². The van der Waals surface area contributed by atoms with E-state index >= 15 is 0 Å². The molecule has 0 radical (unpaired) electrons. The van der Waals surface area contributed by atoms with Gasteiger partial charge in [0.2, 0.25) is 0 Å². The van der Waals surface area contributed by atoms with E-state index in [-0.39, 0.29) is 23.8 Å². The zero-order chi connectivity index (χ0) is 13.0. The Hall–Kier alpha value is -1.11. The minimum absolute atomic E-state index is 0. The first-order valence-electron chi connectivity index (χ1n) is 5.00. The molecule has 0 aliphatic carbocycles. The zero-order valence-corrected chi connectivity index (χ0v) is 11.9. The van der Waals surface area contributed by atoms with Crippen LogP contribution in [0.3, 0.4) is 0 Å². The monoisotopic (exact) mass is 336 g/mol. The van der Waals surface area contributed by atoms with Crippen LogP contribution in [-0.4, -0.2) is 10.0 Å². The van der Waals surface area contributed by atoms with Gasteiger partial charge in [0.15, 0.2) is 5.75 Å². The number of benzene rings is 1. The average molecular weight is 338 g/mol. The molecule has 1 aromatic rings. The van der Waals surface area contributed by atoms with Crippen LogP contribution in [0, 0.1) is 10.1 Å². The van der Waals surface area contributed by atoms with Crippen molar-refractivity contribution in [2.75, 3.05) is 0 Å². The fourth-order valence-corrected chi connectivity index (χ4v) is 1.94. The second kappa shape index (κ2) is 7.35. The number of rotatable bonds is 5. The smallest absolute Gasteiger partial charge is 0.312 e. The van der Waals surface area contributed by atoms with Gasteiger partial charge in [-0.1, -0.05) is 22.0 Å². The average Bonchev–Trinajstić information content (AvgIpc) is 2.28. The third-order valence-electron chi connectivity index (χ3n) is 2.36. The Balaban J connectivity index is 0.00000289. The van der Waals surface area contributed by atoms with Crippen LogP contribution in [0.15, 0.2) is 29.3 Å². The minimum atomic E-state index is -0.635. The number of allylic oxidation sites excluding steroid dienone is 1. The van der Waals surface area contributed by atoms with E-state index in [1.165, 1.54) is 6.07 Å². The van der Waals surface area contributed by atoms with Crippen LogP contribution in [-0.2, 0) is 0 Å². The molecule has 0 fully saturated rings. The van der Waals surface area contributed by atoms with Crippen molar-refractivity contribution < 1.29 is 10.0 Å². The number of aromatic hydroxyl groups is 1. The van der Waals surface area contributed by atoms with Crippen molar-refractivity contribution in [3.8, 4) is 5.75 Å². The van der Waals surface area contributed by atoms with Crippen molar-refractivity contribution in [2.24, 2.45) is 5.73 Å². The summed E-state index contributed by atoms with van der Waals surface area (Å²) in [5.41, 5.74) is 5.89. The summed E-state index contributed by atoms with van der Waals surface area (Å²) in [7, 11) is 0. The maximum atomic E-state index is 10.7. The maximum absolute atomic E-state index is 10.7. The van der Waals surface area contributed by atoms with Gasteiger partial charge in [-0.15, -0.1) is 19.0 Å². The molecule has 1 atom stereocenters. The lowest BCUT2D eigenvalue weighted by Gasteiger charge is -2.13. The molecule has 0 bridgehead atoms. The van der Waals surface area contributed by atoms with Crippen molar-refractivity contribution in [1.82, 2.24) is 0 Å². The van der Waals surface area contributed by atoms with Gasteiger partial charge in [-0.25, -0.2) is 0 Å². The number of phenols is 1. The van der Waals surface area contributed by atoms with Crippen molar-refractivity contribution in [3.63, 3.8) is 0 Å². The fourth-order valence-electron chi connectivity index (χ4n) is 1.48. The summed E-state index contributed by atoms with van der Waals surface area (Å²) in [4.78, 5) is 10.1. The summed E-state index contributed by atoms with van der Waals surface area (Å²) in [6, 6.07) is 2.39. The van der Waals surface area contributed by atoms with Crippen molar-refractivity contribution in [2.45, 2.75) is 18.9 Å². The Morgan fingerprint density at radius 2 is 2.22 bits per heavy atom. The highest BCUT2D eigenvalue weighted by Crippen LogP contribution is 2.37. The first kappa shape index (κ1) is 16.9. The van der Waals surface area contributed by atoms with Gasteiger partial charge in [0.05, 0.1) is 4.92 Å². The molecule has 0 aliphatic rings. The number of phenolic OH excluding ortho intramolecular Hbond substituents is 1. The molecule has 5 nitrogen and oxygen atoms in total. The zero-order valence-electron chi connectivity index (χ0n) is 9.51. The number of nitro benzene ring substituents is 1. The third kappa shape index (κ3) is 3.97. The molecule has 1 aromatic carbocycles. The normalized spacial score (nSPS) is 11.4. The molecule has 0 unspecified atom stereocenters. The van der Waals surface area contributed by atoms with Crippen molar-refractivity contribution in [3.05, 3.63) is 44.9 Å². The van der Waals surface area contributed by atoms with E-state index < -0.39 is 11.0 Å². The highest BCUT2D eigenvalue weighted by atomic mass is 79.9. The lowest BCUT2D eigenvalue weighted by atomic mass is 10.0. The van der Waals surface area contributed by atoms with Gasteiger partial charge in [-0.3, -0.25) is 10.1 Å². The standard InChI is InChI=1S/C11H13BrN2O3.ClH/c1-2-3-4-9(13)8-5-7(12)6-10(11(8)15)14(16)17;/h2,5-6,9,15H,1,3-4,13H2;1H/t9-;/m1./s1. The first-order valence-corrected chi connectivity index (χ1v) is 5.80. The molecule has 1 rings (SSSR count). The van der Waals surface area contributed by atoms with Crippen LogP contribution >= 0.6 is 28.3 Å². The van der Waals surface area contributed by atoms with Crippen LogP contribution < -0.4 is 5.73 Å². The number of hydrogen-bond acceptors (Lipinski definition) is 4. The quantitative estimate of drug-likeness (QED) is 0.489. The number of hydrogen-bond donors (Lipinski definition) is 2. The van der Waals surface area contributed by atoms with Gasteiger partial charge in [0, 0.05) is 22.1 Å². The lowest BCUT2D eigenvalue weighted by Crippen LogP contribution is -2.10. The Morgan fingerprint density at radius 1 is 1.61 bits per heavy atom. The van der Waals surface area contributed by atoms with E-state index in [4.69, 9.17) is 5.73 Å². The predicted octanol–water partition coefficient (Wildman–Crippen LogP) is 3.45. The van der Waals surface area contributed by atoms with Crippen LogP contribution in [0.4, 0.5) is 5.69 Å². The molecular formula is C11H14BrClN2O3. The molecule has 100 valence electrons. The van der Waals surface area contributed by atoms with Gasteiger partial charge < -0.3 is 10.8 Å². The van der Waals surface area contributed by atoms with E-state index in [1.54, 1.807) is 12.1 Å². The van der Waals surface area contributed by atoms with E-state index in [2.05, 4.69) is 22.5 Å². The fraction of sp³-hybridized carbons (Fsp3) is 0.273. The molecule has 3 N–H and O–H groups in total. The number of nitrogens with zero attached hydrogens (tertiary/aromatic N) is 1. The number of nitro groups is 1. The van der Waals surface area contributed by atoms with E-state index in [1.807, 2.05) is 0 Å². The molecule has 0 heterocycles. The number of nitrogens with two attached hydrogens (primary N) is 1. The summed E-state index contributed by atoms with van der Waals surface area (Å²) < 4.78 is 0.519. The molecule has 0 aliphatic heterocycles. The second-order valence-corrected chi connectivity index (χ2v) is 4.51. The van der Waals surface area contributed by atoms with Gasteiger partial charge in [0.25, 0.3) is 0 Å². The maximum Gasteiger partial charge on any atom is 0.312 e. The highest BCUT2D eigenvalue weighted by molar-refractivity contribution is 9.10. The van der Waals surface area contributed by atoms with Crippen LogP contribution in [0.5, 0.6) is 5.75 Å². The summed E-state index contributed by atoms with van der Waals surface area (Å²) >= 11 is 3.16.